The second-order valence-electron chi connectivity index (χ2n) is 6.16. The van der Waals surface area contributed by atoms with Crippen molar-refractivity contribution in [2.75, 3.05) is 6.54 Å². The topological polar surface area (TPSA) is 12.0 Å². The van der Waals surface area contributed by atoms with Gasteiger partial charge >= 0.3 is 114 Å². The molecule has 0 aromatic heterocycles. The van der Waals surface area contributed by atoms with Crippen LogP contribution in [0.25, 0.3) is 0 Å². The van der Waals surface area contributed by atoms with Gasteiger partial charge in [-0.2, -0.15) is 0 Å². The van der Waals surface area contributed by atoms with Crippen LogP contribution in [0, 0.1) is 5.41 Å². The van der Waals surface area contributed by atoms with Gasteiger partial charge in [-0.1, -0.05) is 0 Å². The van der Waals surface area contributed by atoms with Crippen molar-refractivity contribution in [3.8, 4) is 0 Å². The first-order valence-electron chi connectivity index (χ1n) is 6.59. The predicted molar refractivity (Wildman–Crippen MR) is 86.4 cm³/mol. The molecule has 0 aliphatic rings. The maximum absolute atomic E-state index is 4.12. The van der Waals surface area contributed by atoms with E-state index in [0.717, 1.165) is 17.7 Å². The molecule has 0 saturated carbocycles. The first kappa shape index (κ1) is 17.0. The summed E-state index contributed by atoms with van der Waals surface area (Å²) in [4.78, 5) is 0. The fraction of sp³-hybridized carbons (Fsp3) is 0.562. The van der Waals surface area contributed by atoms with Crippen molar-refractivity contribution in [1.82, 2.24) is 5.32 Å². The van der Waals surface area contributed by atoms with E-state index in [-0.39, 0.29) is 5.41 Å². The van der Waals surface area contributed by atoms with Crippen molar-refractivity contribution in [3.63, 3.8) is 0 Å². The van der Waals surface area contributed by atoms with Crippen molar-refractivity contribution in [2.45, 2.75) is 48.4 Å². The minimum absolute atomic E-state index is 0.272. The number of rotatable bonds is 5. The summed E-state index contributed by atoms with van der Waals surface area (Å²) in [5.41, 5.74) is 5.05. The molecule has 1 nitrogen and oxygen atoms in total. The molecule has 0 aliphatic heterocycles. The summed E-state index contributed by atoms with van der Waals surface area (Å²) in [6.07, 6.45) is 4.20. The molecular weight excluding hydrogens is 217 g/mol. The monoisotopic (exact) mass is 245 g/mol. The van der Waals surface area contributed by atoms with Crippen molar-refractivity contribution < 1.29 is 0 Å². The van der Waals surface area contributed by atoms with Crippen LogP contribution in [0.1, 0.15) is 41.5 Å². The van der Waals surface area contributed by atoms with Crippen LogP contribution in [0.15, 0.2) is 35.5 Å². The van der Waals surface area contributed by atoms with Gasteiger partial charge in [0.15, 0.2) is 0 Å². The van der Waals surface area contributed by atoms with Crippen molar-refractivity contribution in [3.05, 3.63) is 35.5 Å². The summed E-state index contributed by atoms with van der Waals surface area (Å²) in [6.45, 7) is 22.2. The van der Waals surface area contributed by atoms with Gasteiger partial charge < -0.3 is 0 Å². The Morgan fingerprint density at radius 2 is 1.72 bits per heavy atom. The van der Waals surface area contributed by atoms with Gasteiger partial charge in [-0.15, -0.1) is 0 Å². The van der Waals surface area contributed by atoms with E-state index in [1.807, 2.05) is 6.82 Å². The van der Waals surface area contributed by atoms with Crippen LogP contribution in [-0.4, -0.2) is 19.1 Å². The summed E-state index contributed by atoms with van der Waals surface area (Å²) in [5, 5.41) is 3.46. The molecule has 0 spiro atoms. The Labute approximate surface area is 114 Å². The summed E-state index contributed by atoms with van der Waals surface area (Å²) in [6, 6.07) is 0. The SMILES string of the molecule is C=C(/C=C\C(C)=C(C)C)/C(=B\C)NCC(C)(C)C. The molecule has 0 heterocycles. The van der Waals surface area contributed by atoms with E-state index in [1.54, 1.807) is 0 Å². The van der Waals surface area contributed by atoms with E-state index in [2.05, 4.69) is 72.5 Å². The molecule has 0 radical (unpaired) electrons. The molecule has 18 heavy (non-hydrogen) atoms. The van der Waals surface area contributed by atoms with Crippen LogP contribution in [0.3, 0.4) is 0 Å². The Bertz CT molecular complexity index is 374. The molecule has 0 amide bonds. The van der Waals surface area contributed by atoms with Gasteiger partial charge in [0.25, 0.3) is 0 Å². The Balaban J connectivity index is 4.62. The molecule has 1 N–H and O–H groups in total. The van der Waals surface area contributed by atoms with Gasteiger partial charge in [0, 0.05) is 0 Å². The number of allylic oxidation sites excluding steroid dienone is 3. The standard InChI is InChI=1S/C16H28BN/c1-12(2)13(3)9-10-14(4)15(17-8)18-11-16(5,6)7/h9-10,18H,4,11H2,1-3,5-8H3/b10-9-. The number of hydrogen-bond acceptors (Lipinski definition) is 1. The van der Waals surface area contributed by atoms with Gasteiger partial charge in [0.1, 0.15) is 0 Å². The molecule has 0 atom stereocenters. The second-order valence-corrected chi connectivity index (χ2v) is 6.16. The number of hydrogen-bond donors (Lipinski definition) is 1. The van der Waals surface area contributed by atoms with Crippen LogP contribution in [-0.2, 0) is 0 Å². The predicted octanol–water partition coefficient (Wildman–Crippen LogP) is 3.97. The number of nitrogens with one attached hydrogen (secondary N) is 1. The van der Waals surface area contributed by atoms with Crippen LogP contribution in [0.4, 0.5) is 0 Å². The molecule has 0 bridgehead atoms. The van der Waals surface area contributed by atoms with Gasteiger partial charge in [0.2, 0.25) is 0 Å². The molecular formula is C16H28BN. The van der Waals surface area contributed by atoms with Crippen molar-refractivity contribution in [1.29, 1.82) is 0 Å². The quantitative estimate of drug-likeness (QED) is 0.570. The molecule has 0 unspecified atom stereocenters. The average molecular weight is 245 g/mol. The summed E-state index contributed by atoms with van der Waals surface area (Å²) in [5.74, 6) is 0. The third-order valence-corrected chi connectivity index (χ3v) is 2.77. The van der Waals surface area contributed by atoms with Gasteiger partial charge in [-0.25, -0.2) is 0 Å². The molecule has 0 saturated heterocycles. The second kappa shape index (κ2) is 7.40. The fourth-order valence-electron chi connectivity index (χ4n) is 1.24. The van der Waals surface area contributed by atoms with Crippen LogP contribution in [0.5, 0.6) is 0 Å². The van der Waals surface area contributed by atoms with Gasteiger partial charge in [0.05, 0.1) is 0 Å². The van der Waals surface area contributed by atoms with E-state index in [0.29, 0.717) is 0 Å². The molecule has 2 heteroatoms. The molecule has 100 valence electrons. The van der Waals surface area contributed by atoms with Crippen LogP contribution < -0.4 is 5.32 Å². The van der Waals surface area contributed by atoms with E-state index < -0.39 is 0 Å². The summed E-state index contributed by atoms with van der Waals surface area (Å²) < 4.78 is 0. The van der Waals surface area contributed by atoms with E-state index in [1.165, 1.54) is 11.1 Å². The summed E-state index contributed by atoms with van der Waals surface area (Å²) in [7, 11) is 0. The third-order valence-electron chi connectivity index (χ3n) is 2.77. The fourth-order valence-corrected chi connectivity index (χ4v) is 1.24. The Morgan fingerprint density at radius 1 is 1.17 bits per heavy atom. The van der Waals surface area contributed by atoms with E-state index in [4.69, 9.17) is 0 Å². The van der Waals surface area contributed by atoms with Gasteiger partial charge in [-0.3, -0.25) is 0 Å². The molecule has 0 rings (SSSR count). The molecule has 0 aromatic rings. The Kier molecular flexibility index (Phi) is 6.97. The zero-order chi connectivity index (χ0) is 14.3. The van der Waals surface area contributed by atoms with Crippen LogP contribution in [0.2, 0.25) is 6.82 Å². The first-order chi connectivity index (χ1) is 8.17. The summed E-state index contributed by atoms with van der Waals surface area (Å²) >= 11 is 0. The maximum atomic E-state index is 4.12. The third kappa shape index (κ3) is 7.31. The average Bonchev–Trinajstić information content (AvgIpc) is 2.24. The first-order valence-corrected chi connectivity index (χ1v) is 6.59. The zero-order valence-electron chi connectivity index (χ0n) is 13.1. The minimum atomic E-state index is 0.272. The Morgan fingerprint density at radius 3 is 2.11 bits per heavy atom. The van der Waals surface area contributed by atoms with Crippen molar-refractivity contribution in [2.24, 2.45) is 5.41 Å². The molecule has 0 fully saturated rings. The molecule has 0 aliphatic carbocycles. The normalized spacial score (nSPS) is 12.3. The zero-order valence-corrected chi connectivity index (χ0v) is 13.1. The van der Waals surface area contributed by atoms with Gasteiger partial charge in [-0.05, 0) is 0 Å². The van der Waals surface area contributed by atoms with E-state index >= 15 is 0 Å². The Hall–Kier alpha value is -1.05. The van der Waals surface area contributed by atoms with Crippen molar-refractivity contribution >= 4 is 12.5 Å². The van der Waals surface area contributed by atoms with E-state index in [9.17, 15) is 0 Å². The van der Waals surface area contributed by atoms with Crippen LogP contribution >= 0.6 is 0 Å². The molecule has 0 aromatic carbocycles.